The number of benzene rings is 1. The van der Waals surface area contributed by atoms with E-state index < -0.39 is 11.3 Å². The fourth-order valence-electron chi connectivity index (χ4n) is 4.08. The molecule has 4 aromatic rings. The zero-order chi connectivity index (χ0) is 25.4. The van der Waals surface area contributed by atoms with Crippen LogP contribution in [0.15, 0.2) is 55.3 Å². The fraction of sp³-hybridized carbons (Fsp3) is 0.200. The minimum Gasteiger partial charge on any atom is -0.310 e. The van der Waals surface area contributed by atoms with Gasteiger partial charge in [-0.3, -0.25) is 14.4 Å². The Kier molecular flexibility index (Phi) is 5.77. The molecule has 5 rings (SSSR count). The van der Waals surface area contributed by atoms with Crippen LogP contribution in [0.1, 0.15) is 35.5 Å². The topological polar surface area (TPSA) is 124 Å². The number of nitrogens with one attached hydrogen (secondary N) is 2. The molecule has 0 spiro atoms. The highest BCUT2D eigenvalue weighted by Crippen LogP contribution is 2.39. The van der Waals surface area contributed by atoms with Crippen LogP contribution in [0.2, 0.25) is 0 Å². The van der Waals surface area contributed by atoms with Crippen molar-refractivity contribution in [3.63, 3.8) is 0 Å². The first kappa shape index (κ1) is 23.2. The summed E-state index contributed by atoms with van der Waals surface area (Å²) in [6.45, 7) is 7.12. The van der Waals surface area contributed by atoms with Crippen LogP contribution in [0.3, 0.4) is 0 Å². The molecule has 0 unspecified atom stereocenters. The lowest BCUT2D eigenvalue weighted by Gasteiger charge is -2.17. The van der Waals surface area contributed by atoms with Crippen molar-refractivity contribution in [1.82, 2.24) is 30.2 Å². The van der Waals surface area contributed by atoms with Gasteiger partial charge in [-0.15, -0.1) is 6.58 Å². The molecule has 1 aliphatic heterocycles. The number of pyridine rings is 1. The molecule has 36 heavy (non-hydrogen) atoms. The van der Waals surface area contributed by atoms with Crippen molar-refractivity contribution in [3.05, 3.63) is 77.9 Å². The van der Waals surface area contributed by atoms with Crippen molar-refractivity contribution < 1.29 is 18.8 Å². The molecule has 1 aromatic carbocycles. The molecule has 10 nitrogen and oxygen atoms in total. The molecule has 2 N–H and O–H groups in total. The summed E-state index contributed by atoms with van der Waals surface area (Å²) in [5.74, 6) is -1.01. The Morgan fingerprint density at radius 2 is 2.06 bits per heavy atom. The van der Waals surface area contributed by atoms with E-state index in [2.05, 4.69) is 37.4 Å². The van der Waals surface area contributed by atoms with E-state index in [-0.39, 0.29) is 42.2 Å². The van der Waals surface area contributed by atoms with Crippen LogP contribution in [0, 0.1) is 5.82 Å². The molecule has 0 bridgehead atoms. The summed E-state index contributed by atoms with van der Waals surface area (Å²) < 4.78 is 15.9. The van der Waals surface area contributed by atoms with Gasteiger partial charge in [0.15, 0.2) is 11.5 Å². The van der Waals surface area contributed by atoms with Crippen molar-refractivity contribution >= 4 is 28.7 Å². The number of nitrogens with zero attached hydrogens (tertiary/aromatic N) is 5. The summed E-state index contributed by atoms with van der Waals surface area (Å²) >= 11 is 0. The largest absolute Gasteiger partial charge is 0.310 e. The maximum absolute atomic E-state index is 14.3. The van der Waals surface area contributed by atoms with Gasteiger partial charge in [0.25, 0.3) is 5.91 Å². The SMILES string of the molecule is C=CCONC(=O)c1nc(-c2nn(Cc3ccccc3F)c3ncccc23)nc2c1C(C)(C)C(=O)N2. The molecule has 1 aliphatic rings. The normalized spacial score (nSPS) is 13.9. The maximum Gasteiger partial charge on any atom is 0.293 e. The third-order valence-corrected chi connectivity index (χ3v) is 5.91. The molecule has 182 valence electrons. The Labute approximate surface area is 205 Å². The van der Waals surface area contributed by atoms with Gasteiger partial charge in [0.1, 0.15) is 23.0 Å². The minimum absolute atomic E-state index is 0.0249. The predicted octanol–water partition coefficient (Wildman–Crippen LogP) is 3.15. The average molecular weight is 487 g/mol. The Bertz CT molecular complexity index is 1530. The van der Waals surface area contributed by atoms with Gasteiger partial charge in [-0.25, -0.2) is 29.5 Å². The molecule has 0 saturated heterocycles. The zero-order valence-corrected chi connectivity index (χ0v) is 19.6. The van der Waals surface area contributed by atoms with Crippen molar-refractivity contribution in [2.75, 3.05) is 11.9 Å². The lowest BCUT2D eigenvalue weighted by molar-refractivity contribution is -0.119. The van der Waals surface area contributed by atoms with Gasteiger partial charge in [0.2, 0.25) is 5.91 Å². The molecule has 0 atom stereocenters. The van der Waals surface area contributed by atoms with E-state index in [1.165, 1.54) is 12.1 Å². The number of aromatic nitrogens is 5. The number of halogens is 1. The lowest BCUT2D eigenvalue weighted by atomic mass is 9.85. The van der Waals surface area contributed by atoms with E-state index in [1.807, 2.05) is 0 Å². The van der Waals surface area contributed by atoms with Crippen molar-refractivity contribution in [2.45, 2.75) is 25.8 Å². The first-order valence-corrected chi connectivity index (χ1v) is 11.1. The monoisotopic (exact) mass is 487 g/mol. The zero-order valence-electron chi connectivity index (χ0n) is 19.6. The second-order valence-electron chi connectivity index (χ2n) is 8.70. The molecule has 3 aromatic heterocycles. The van der Waals surface area contributed by atoms with Gasteiger partial charge >= 0.3 is 0 Å². The van der Waals surface area contributed by atoms with Crippen LogP contribution in [0.25, 0.3) is 22.6 Å². The molecule has 0 saturated carbocycles. The van der Waals surface area contributed by atoms with Gasteiger partial charge < -0.3 is 5.32 Å². The lowest BCUT2D eigenvalue weighted by Crippen LogP contribution is -2.32. The Morgan fingerprint density at radius 1 is 1.25 bits per heavy atom. The molecule has 0 fully saturated rings. The predicted molar refractivity (Wildman–Crippen MR) is 129 cm³/mol. The second-order valence-corrected chi connectivity index (χ2v) is 8.70. The standard InChI is InChI=1S/C25H22FN7O3/c1-4-12-36-32-23(34)19-17-20(30-24(35)25(17,2)3)29-21(28-19)18-15-9-7-11-27-22(15)33(31-18)13-14-8-5-6-10-16(14)26/h4-11H,1,12-13H2,2-3H3,(H,32,34)(H,28,29,30,35). The number of rotatable bonds is 7. The molecule has 2 amide bonds. The summed E-state index contributed by atoms with van der Waals surface area (Å²) in [7, 11) is 0. The second kappa shape index (κ2) is 8.93. The summed E-state index contributed by atoms with van der Waals surface area (Å²) in [5.41, 5.74) is 2.85. The third kappa shape index (κ3) is 3.89. The van der Waals surface area contributed by atoms with E-state index in [0.717, 1.165) is 0 Å². The minimum atomic E-state index is -1.05. The van der Waals surface area contributed by atoms with E-state index in [1.54, 1.807) is 55.1 Å². The number of anilines is 1. The molecule has 4 heterocycles. The highest BCUT2D eigenvalue weighted by molar-refractivity contribution is 6.09. The Hall–Kier alpha value is -4.51. The van der Waals surface area contributed by atoms with Gasteiger partial charge in [0, 0.05) is 17.3 Å². The molecule has 0 aliphatic carbocycles. The van der Waals surface area contributed by atoms with Crippen molar-refractivity contribution in [3.8, 4) is 11.5 Å². The number of fused-ring (bicyclic) bond motifs is 2. The number of carbonyl (C=O) groups excluding carboxylic acids is 2. The van der Waals surface area contributed by atoms with E-state index in [4.69, 9.17) is 4.84 Å². The van der Waals surface area contributed by atoms with E-state index in [0.29, 0.717) is 27.9 Å². The van der Waals surface area contributed by atoms with Crippen LogP contribution in [-0.4, -0.2) is 43.2 Å². The number of carbonyl (C=O) groups is 2. The first-order valence-electron chi connectivity index (χ1n) is 11.1. The number of hydrogen-bond acceptors (Lipinski definition) is 7. The molecule has 11 heteroatoms. The van der Waals surface area contributed by atoms with Crippen molar-refractivity contribution in [2.24, 2.45) is 0 Å². The number of hydrogen-bond donors (Lipinski definition) is 2. The van der Waals surface area contributed by atoms with E-state index in [9.17, 15) is 14.0 Å². The van der Waals surface area contributed by atoms with Crippen LogP contribution in [-0.2, 0) is 21.6 Å². The van der Waals surface area contributed by atoms with Crippen molar-refractivity contribution in [1.29, 1.82) is 0 Å². The van der Waals surface area contributed by atoms with Crippen LogP contribution in [0.4, 0.5) is 10.2 Å². The molecule has 0 radical (unpaired) electrons. The third-order valence-electron chi connectivity index (χ3n) is 5.91. The van der Waals surface area contributed by atoms with Gasteiger partial charge in [-0.1, -0.05) is 24.3 Å². The van der Waals surface area contributed by atoms with Crippen LogP contribution in [0.5, 0.6) is 0 Å². The van der Waals surface area contributed by atoms with Gasteiger partial charge in [-0.05, 0) is 32.0 Å². The quantitative estimate of drug-likeness (QED) is 0.233. The van der Waals surface area contributed by atoms with Gasteiger partial charge in [0.05, 0.1) is 24.0 Å². The smallest absolute Gasteiger partial charge is 0.293 e. The summed E-state index contributed by atoms with van der Waals surface area (Å²) in [5, 5.41) is 7.97. The average Bonchev–Trinajstić information content (AvgIpc) is 3.34. The summed E-state index contributed by atoms with van der Waals surface area (Å²) in [6, 6.07) is 9.92. The van der Waals surface area contributed by atoms with Crippen LogP contribution >= 0.6 is 0 Å². The highest BCUT2D eigenvalue weighted by atomic mass is 19.1. The fourth-order valence-corrected chi connectivity index (χ4v) is 4.08. The number of hydroxylamine groups is 1. The molecular weight excluding hydrogens is 465 g/mol. The highest BCUT2D eigenvalue weighted by Gasteiger charge is 2.44. The first-order chi connectivity index (χ1) is 17.3. The van der Waals surface area contributed by atoms with E-state index >= 15 is 0 Å². The van der Waals surface area contributed by atoms with Gasteiger partial charge in [-0.2, -0.15) is 5.10 Å². The Balaban J connectivity index is 1.66. The summed E-state index contributed by atoms with van der Waals surface area (Å²) in [4.78, 5) is 44.3. The Morgan fingerprint density at radius 3 is 2.83 bits per heavy atom. The maximum atomic E-state index is 14.3. The van der Waals surface area contributed by atoms with Crippen LogP contribution < -0.4 is 10.8 Å². The summed E-state index contributed by atoms with van der Waals surface area (Å²) in [6.07, 6.45) is 3.08. The number of amides is 2. The molecular formula is C25H22FN7O3.